The Morgan fingerprint density at radius 3 is 1.17 bits per heavy atom. The lowest BCUT2D eigenvalue weighted by molar-refractivity contribution is -0.299. The first-order valence-electron chi connectivity index (χ1n) is 9.50. The van der Waals surface area contributed by atoms with Crippen LogP contribution < -0.4 is 0 Å². The van der Waals surface area contributed by atoms with E-state index in [0.717, 1.165) is 0 Å². The number of hydrogen-bond acceptors (Lipinski definition) is 0. The Hall–Kier alpha value is -0.260. The first kappa shape index (κ1) is 19.1. The van der Waals surface area contributed by atoms with Gasteiger partial charge in [-0.15, -0.1) is 0 Å². The average molecular weight is 319 g/mol. The van der Waals surface area contributed by atoms with Gasteiger partial charge in [-0.3, -0.25) is 0 Å². The highest BCUT2D eigenvalue weighted by Gasteiger charge is 2.80. The van der Waals surface area contributed by atoms with Gasteiger partial charge in [0.1, 0.15) is 0 Å². The molecule has 0 heterocycles. The molecule has 0 saturated heterocycles. The summed E-state index contributed by atoms with van der Waals surface area (Å²) in [5.41, 5.74) is 4.78. The number of rotatable bonds is 0. The fourth-order valence-corrected chi connectivity index (χ4v) is 7.53. The van der Waals surface area contributed by atoms with Crippen molar-refractivity contribution in [3.8, 4) is 0 Å². The Kier molecular flexibility index (Phi) is 3.40. The van der Waals surface area contributed by atoms with Gasteiger partial charge >= 0.3 is 0 Å². The smallest absolute Gasteiger partial charge is 0.000727 e. The van der Waals surface area contributed by atoms with E-state index in [1.54, 1.807) is 11.1 Å². The molecule has 2 rings (SSSR count). The summed E-state index contributed by atoms with van der Waals surface area (Å²) in [4.78, 5) is 0. The zero-order valence-electron chi connectivity index (χ0n) is 18.5. The predicted molar refractivity (Wildman–Crippen MR) is 103 cm³/mol. The van der Waals surface area contributed by atoms with Gasteiger partial charge in [-0.25, -0.2) is 0 Å². The van der Waals surface area contributed by atoms with E-state index in [2.05, 4.69) is 96.9 Å². The number of fused-ring (bicyclic) bond motifs is 1. The second-order valence-corrected chi connectivity index (χ2v) is 11.6. The largest absolute Gasteiger partial charge is 0.0676 e. The average Bonchev–Trinajstić information content (AvgIpc) is 2.50. The number of allylic oxidation sites excluding steroid dienone is 2. The third-order valence-corrected chi connectivity index (χ3v) is 11.7. The van der Waals surface area contributed by atoms with E-state index >= 15 is 0 Å². The Labute approximate surface area is 146 Å². The summed E-state index contributed by atoms with van der Waals surface area (Å²) in [7, 11) is 0. The molecule has 1 fully saturated rings. The van der Waals surface area contributed by atoms with E-state index in [-0.39, 0.29) is 37.9 Å². The molecule has 2 aliphatic carbocycles. The summed E-state index contributed by atoms with van der Waals surface area (Å²) in [6.07, 6.45) is 0. The maximum absolute atomic E-state index is 2.60. The lowest BCUT2D eigenvalue weighted by atomic mass is 9.25. The van der Waals surface area contributed by atoms with Crippen molar-refractivity contribution in [1.29, 1.82) is 0 Å². The van der Waals surface area contributed by atoms with Gasteiger partial charge in [0.2, 0.25) is 0 Å². The molecule has 1 saturated carbocycles. The fourth-order valence-electron chi connectivity index (χ4n) is 7.53. The minimum absolute atomic E-state index is 0.191. The van der Waals surface area contributed by atoms with Crippen LogP contribution >= 0.6 is 0 Å². The van der Waals surface area contributed by atoms with E-state index < -0.39 is 0 Å². The maximum Gasteiger partial charge on any atom is 0.000727 e. The van der Waals surface area contributed by atoms with Gasteiger partial charge in [-0.2, -0.15) is 0 Å². The highest BCUT2D eigenvalue weighted by atomic mass is 14.8. The van der Waals surface area contributed by atoms with Crippen LogP contribution in [0.25, 0.3) is 0 Å². The van der Waals surface area contributed by atoms with E-state index in [0.29, 0.717) is 0 Å². The lowest BCUT2D eigenvalue weighted by Gasteiger charge is -2.78. The van der Waals surface area contributed by atoms with Crippen molar-refractivity contribution in [3.05, 3.63) is 11.1 Å². The third kappa shape index (κ3) is 1.37. The normalized spacial score (nSPS) is 42.5. The van der Waals surface area contributed by atoms with Gasteiger partial charge in [0, 0.05) is 5.41 Å². The first-order chi connectivity index (χ1) is 9.82. The molecule has 0 nitrogen and oxygen atoms in total. The van der Waals surface area contributed by atoms with E-state index in [4.69, 9.17) is 0 Å². The molecule has 0 radical (unpaired) electrons. The fraction of sp³-hybridized carbons (Fsp3) is 0.913. The molecule has 0 spiro atoms. The molecular weight excluding hydrogens is 276 g/mol. The number of hydrogen-bond donors (Lipinski definition) is 0. The molecule has 2 unspecified atom stereocenters. The van der Waals surface area contributed by atoms with Crippen LogP contribution in [0.15, 0.2) is 11.1 Å². The second kappa shape index (κ2) is 4.10. The standard InChI is InChI=1S/C23H42/c1-15-16(2)22(13)20(9,10)18(5,6)19(7,8)21(11,12)23(22,14)17(15,3)4/h1-14H3. The van der Waals surface area contributed by atoms with Crippen LogP contribution in [-0.2, 0) is 0 Å². The van der Waals surface area contributed by atoms with Crippen LogP contribution in [-0.4, -0.2) is 0 Å². The van der Waals surface area contributed by atoms with Crippen molar-refractivity contribution in [1.82, 2.24) is 0 Å². The van der Waals surface area contributed by atoms with Crippen LogP contribution in [0.5, 0.6) is 0 Å². The van der Waals surface area contributed by atoms with Gasteiger partial charge in [0.05, 0.1) is 0 Å². The zero-order valence-corrected chi connectivity index (χ0v) is 18.5. The molecule has 0 heteroatoms. The minimum atomic E-state index is 0.191. The van der Waals surface area contributed by atoms with Crippen molar-refractivity contribution in [2.45, 2.75) is 96.9 Å². The third-order valence-electron chi connectivity index (χ3n) is 11.7. The monoisotopic (exact) mass is 318 g/mol. The Morgan fingerprint density at radius 1 is 0.435 bits per heavy atom. The Balaban J connectivity index is 3.05. The lowest BCUT2D eigenvalue weighted by Crippen LogP contribution is -2.73. The molecule has 0 aromatic carbocycles. The minimum Gasteiger partial charge on any atom is -0.0676 e. The van der Waals surface area contributed by atoms with Crippen LogP contribution in [0, 0.1) is 37.9 Å². The molecule has 23 heavy (non-hydrogen) atoms. The molecule has 0 aliphatic heterocycles. The van der Waals surface area contributed by atoms with Crippen molar-refractivity contribution in [3.63, 3.8) is 0 Å². The van der Waals surface area contributed by atoms with Gasteiger partial charge in [-0.05, 0) is 46.3 Å². The molecule has 2 atom stereocenters. The zero-order chi connectivity index (χ0) is 18.7. The molecular formula is C23H42. The molecule has 0 aromatic heterocycles. The molecule has 134 valence electrons. The van der Waals surface area contributed by atoms with E-state index in [1.807, 2.05) is 0 Å². The van der Waals surface area contributed by atoms with Crippen LogP contribution in [0.1, 0.15) is 96.9 Å². The molecule has 0 bridgehead atoms. The molecule has 0 amide bonds. The summed E-state index contributed by atoms with van der Waals surface area (Å²) < 4.78 is 0. The molecule has 0 aromatic rings. The topological polar surface area (TPSA) is 0 Å². The van der Waals surface area contributed by atoms with E-state index in [9.17, 15) is 0 Å². The SMILES string of the molecule is CC1=C(C)C2(C)C(C)(C)C(C)(C)C(C)(C)C(C)(C)C2(C)C1(C)C. The quantitative estimate of drug-likeness (QED) is 0.406. The van der Waals surface area contributed by atoms with E-state index in [1.165, 1.54) is 0 Å². The first-order valence-corrected chi connectivity index (χ1v) is 9.50. The summed E-state index contributed by atoms with van der Waals surface area (Å²) in [5, 5.41) is 0. The molecule has 2 aliphatic rings. The van der Waals surface area contributed by atoms with Gasteiger partial charge in [0.25, 0.3) is 0 Å². The van der Waals surface area contributed by atoms with Gasteiger partial charge in [-0.1, -0.05) is 94.2 Å². The summed E-state index contributed by atoms with van der Waals surface area (Å²) in [6.45, 7) is 35.3. The summed E-state index contributed by atoms with van der Waals surface area (Å²) >= 11 is 0. The Bertz CT molecular complexity index is 579. The summed E-state index contributed by atoms with van der Waals surface area (Å²) in [5.74, 6) is 0. The predicted octanol–water partition coefficient (Wildman–Crippen LogP) is 7.49. The van der Waals surface area contributed by atoms with Crippen molar-refractivity contribution < 1.29 is 0 Å². The van der Waals surface area contributed by atoms with Crippen molar-refractivity contribution in [2.24, 2.45) is 37.9 Å². The van der Waals surface area contributed by atoms with Crippen LogP contribution in [0.3, 0.4) is 0 Å². The van der Waals surface area contributed by atoms with Crippen LogP contribution in [0.2, 0.25) is 0 Å². The second-order valence-electron chi connectivity index (χ2n) is 11.6. The highest BCUT2D eigenvalue weighted by molar-refractivity contribution is 5.44. The van der Waals surface area contributed by atoms with Crippen molar-refractivity contribution >= 4 is 0 Å². The van der Waals surface area contributed by atoms with Gasteiger partial charge < -0.3 is 0 Å². The van der Waals surface area contributed by atoms with Gasteiger partial charge in [0.15, 0.2) is 0 Å². The summed E-state index contributed by atoms with van der Waals surface area (Å²) in [6, 6.07) is 0. The van der Waals surface area contributed by atoms with Crippen LogP contribution in [0.4, 0.5) is 0 Å². The molecule has 0 N–H and O–H groups in total. The maximum atomic E-state index is 2.60. The Morgan fingerprint density at radius 2 is 0.783 bits per heavy atom. The highest BCUT2D eigenvalue weighted by Crippen LogP contribution is 2.86. The van der Waals surface area contributed by atoms with Crippen molar-refractivity contribution in [2.75, 3.05) is 0 Å².